The molecule has 4 aromatic carbocycles. The lowest BCUT2D eigenvalue weighted by Crippen LogP contribution is -2.45. The standard InChI is InChI=1S/C32H26N2O4/c35-29-23-9-1-5-21-6-2-10-24(27(21)23)30(36)33(29)17-19-13-15-20(16-14-19)18-34-31(37)25-11-3-7-22-8-4-12-26(28(22)25)32(34)38/h1-12,19-20H,13-18H2. The van der Waals surface area contributed by atoms with Gasteiger partial charge < -0.3 is 0 Å². The maximum absolute atomic E-state index is 13.3. The second-order valence-corrected chi connectivity index (χ2v) is 10.7. The van der Waals surface area contributed by atoms with Gasteiger partial charge in [0.15, 0.2) is 0 Å². The molecule has 0 spiro atoms. The van der Waals surface area contributed by atoms with Crippen molar-refractivity contribution in [1.82, 2.24) is 9.80 Å². The molecule has 0 radical (unpaired) electrons. The zero-order valence-corrected chi connectivity index (χ0v) is 20.9. The van der Waals surface area contributed by atoms with Crippen LogP contribution >= 0.6 is 0 Å². The van der Waals surface area contributed by atoms with E-state index in [1.54, 1.807) is 24.3 Å². The Kier molecular flexibility index (Phi) is 5.18. The van der Waals surface area contributed by atoms with Crippen molar-refractivity contribution < 1.29 is 19.2 Å². The Hall–Kier alpha value is -4.32. The summed E-state index contributed by atoms with van der Waals surface area (Å²) in [6, 6.07) is 22.4. The molecule has 0 bridgehead atoms. The predicted molar refractivity (Wildman–Crippen MR) is 144 cm³/mol. The van der Waals surface area contributed by atoms with E-state index in [4.69, 9.17) is 0 Å². The highest BCUT2D eigenvalue weighted by Crippen LogP contribution is 2.36. The van der Waals surface area contributed by atoms with Gasteiger partial charge in [0.1, 0.15) is 0 Å². The maximum atomic E-state index is 13.3. The zero-order chi connectivity index (χ0) is 26.0. The molecule has 2 aliphatic heterocycles. The summed E-state index contributed by atoms with van der Waals surface area (Å²) in [7, 11) is 0. The van der Waals surface area contributed by atoms with Crippen LogP contribution in [0.4, 0.5) is 0 Å². The third-order valence-electron chi connectivity index (χ3n) is 8.56. The number of nitrogens with zero attached hydrogens (tertiary/aromatic N) is 2. The normalized spacial score (nSPS) is 21.1. The summed E-state index contributed by atoms with van der Waals surface area (Å²) < 4.78 is 0. The Labute approximate surface area is 219 Å². The highest BCUT2D eigenvalue weighted by Gasteiger charge is 2.37. The van der Waals surface area contributed by atoms with Crippen molar-refractivity contribution in [3.8, 4) is 0 Å². The molecule has 4 amide bonds. The highest BCUT2D eigenvalue weighted by molar-refractivity contribution is 6.26. The number of rotatable bonds is 4. The third-order valence-corrected chi connectivity index (χ3v) is 8.56. The smallest absolute Gasteiger partial charge is 0.261 e. The van der Waals surface area contributed by atoms with Crippen molar-refractivity contribution in [3.05, 3.63) is 95.1 Å². The minimum Gasteiger partial charge on any atom is -0.274 e. The van der Waals surface area contributed by atoms with E-state index in [9.17, 15) is 19.2 Å². The molecule has 4 aromatic rings. The van der Waals surface area contributed by atoms with Gasteiger partial charge in [-0.05, 0) is 72.6 Å². The van der Waals surface area contributed by atoms with Crippen LogP contribution in [0.15, 0.2) is 72.8 Å². The summed E-state index contributed by atoms with van der Waals surface area (Å²) in [5.41, 5.74) is 2.35. The van der Waals surface area contributed by atoms with Crippen LogP contribution < -0.4 is 0 Å². The van der Waals surface area contributed by atoms with Crippen LogP contribution in [0, 0.1) is 11.8 Å². The van der Waals surface area contributed by atoms with Crippen LogP contribution in [0.1, 0.15) is 67.1 Å². The Morgan fingerprint density at radius 1 is 0.474 bits per heavy atom. The van der Waals surface area contributed by atoms with Gasteiger partial charge in [-0.3, -0.25) is 29.0 Å². The Balaban J connectivity index is 1.04. The van der Waals surface area contributed by atoms with E-state index in [0.29, 0.717) is 35.3 Å². The van der Waals surface area contributed by atoms with E-state index in [-0.39, 0.29) is 35.5 Å². The number of hydrogen-bond donors (Lipinski definition) is 0. The van der Waals surface area contributed by atoms with Crippen molar-refractivity contribution in [2.45, 2.75) is 25.7 Å². The molecule has 2 heterocycles. The van der Waals surface area contributed by atoms with Crippen LogP contribution in [0.2, 0.25) is 0 Å². The fraction of sp³-hybridized carbons (Fsp3) is 0.250. The van der Waals surface area contributed by atoms with E-state index in [2.05, 4.69) is 0 Å². The second kappa shape index (κ2) is 8.62. The number of hydrogen-bond acceptors (Lipinski definition) is 4. The lowest BCUT2D eigenvalue weighted by atomic mass is 9.80. The molecule has 1 aliphatic carbocycles. The van der Waals surface area contributed by atoms with Crippen molar-refractivity contribution >= 4 is 45.2 Å². The van der Waals surface area contributed by atoms with Gasteiger partial charge in [0.25, 0.3) is 23.6 Å². The van der Waals surface area contributed by atoms with E-state index >= 15 is 0 Å². The lowest BCUT2D eigenvalue weighted by Gasteiger charge is -2.36. The van der Waals surface area contributed by atoms with Crippen molar-refractivity contribution in [3.63, 3.8) is 0 Å². The molecule has 1 fully saturated rings. The molecule has 0 aromatic heterocycles. The average molecular weight is 503 g/mol. The summed E-state index contributed by atoms with van der Waals surface area (Å²) in [5.74, 6) is -0.494. The predicted octanol–water partition coefficient (Wildman–Crippen LogP) is 5.69. The Bertz CT molecular complexity index is 1460. The summed E-state index contributed by atoms with van der Waals surface area (Å²) in [6.45, 7) is 0.790. The van der Waals surface area contributed by atoms with Gasteiger partial charge in [-0.2, -0.15) is 0 Å². The first-order chi connectivity index (χ1) is 18.5. The number of carbonyl (C=O) groups excluding carboxylic acids is 4. The molecule has 7 rings (SSSR count). The first-order valence-corrected chi connectivity index (χ1v) is 13.3. The van der Waals surface area contributed by atoms with Gasteiger partial charge in [-0.15, -0.1) is 0 Å². The molecule has 0 saturated heterocycles. The third kappa shape index (κ3) is 3.40. The molecule has 0 unspecified atom stereocenters. The average Bonchev–Trinajstić information content (AvgIpc) is 2.95. The summed E-state index contributed by atoms with van der Waals surface area (Å²) >= 11 is 0. The molecule has 1 saturated carbocycles. The molecule has 6 nitrogen and oxygen atoms in total. The van der Waals surface area contributed by atoms with E-state index in [1.165, 1.54) is 9.80 Å². The van der Waals surface area contributed by atoms with Crippen molar-refractivity contribution in [2.24, 2.45) is 11.8 Å². The Morgan fingerprint density at radius 3 is 1.05 bits per heavy atom. The van der Waals surface area contributed by atoms with Crippen LogP contribution in [-0.4, -0.2) is 46.5 Å². The van der Waals surface area contributed by atoms with Gasteiger partial charge in [-0.1, -0.05) is 48.5 Å². The van der Waals surface area contributed by atoms with Gasteiger partial charge >= 0.3 is 0 Å². The van der Waals surface area contributed by atoms with E-state index in [0.717, 1.165) is 47.2 Å². The number of imide groups is 2. The molecular weight excluding hydrogens is 476 g/mol. The van der Waals surface area contributed by atoms with Gasteiger partial charge in [0.05, 0.1) is 0 Å². The van der Waals surface area contributed by atoms with Crippen LogP contribution in [0.25, 0.3) is 21.5 Å². The first-order valence-electron chi connectivity index (χ1n) is 13.3. The number of carbonyl (C=O) groups is 4. The SMILES string of the molecule is O=C1c2cccc3cccc(c23)C(=O)N1CC1CCC(CN2C(=O)c3cccc4cccc(c34)C2=O)CC1. The minimum absolute atomic E-state index is 0.200. The zero-order valence-electron chi connectivity index (χ0n) is 20.9. The number of amides is 4. The minimum atomic E-state index is -0.223. The van der Waals surface area contributed by atoms with Crippen LogP contribution in [0.3, 0.4) is 0 Å². The molecule has 188 valence electrons. The van der Waals surface area contributed by atoms with E-state index < -0.39 is 0 Å². The highest BCUT2D eigenvalue weighted by atomic mass is 16.2. The summed E-state index contributed by atoms with van der Waals surface area (Å²) in [6.07, 6.45) is 3.37. The Morgan fingerprint density at radius 2 is 0.763 bits per heavy atom. The summed E-state index contributed by atoms with van der Waals surface area (Å²) in [4.78, 5) is 56.0. The maximum Gasteiger partial charge on any atom is 0.261 e. The van der Waals surface area contributed by atoms with Crippen LogP contribution in [-0.2, 0) is 0 Å². The van der Waals surface area contributed by atoms with Crippen molar-refractivity contribution in [1.29, 1.82) is 0 Å². The summed E-state index contributed by atoms with van der Waals surface area (Å²) in [5, 5.41) is 3.31. The second-order valence-electron chi connectivity index (χ2n) is 10.7. The fourth-order valence-corrected chi connectivity index (χ4v) is 6.61. The molecule has 0 N–H and O–H groups in total. The van der Waals surface area contributed by atoms with Crippen molar-refractivity contribution in [2.75, 3.05) is 13.1 Å². The van der Waals surface area contributed by atoms with Gasteiger partial charge in [-0.25, -0.2) is 0 Å². The molecule has 38 heavy (non-hydrogen) atoms. The monoisotopic (exact) mass is 502 g/mol. The molecule has 3 aliphatic rings. The van der Waals surface area contributed by atoms with Gasteiger partial charge in [0, 0.05) is 46.1 Å². The molecular formula is C32H26N2O4. The fourth-order valence-electron chi connectivity index (χ4n) is 6.61. The largest absolute Gasteiger partial charge is 0.274 e. The topological polar surface area (TPSA) is 74.8 Å². The quantitative estimate of drug-likeness (QED) is 0.336. The van der Waals surface area contributed by atoms with E-state index in [1.807, 2.05) is 48.5 Å². The first kappa shape index (κ1) is 22.8. The lowest BCUT2D eigenvalue weighted by molar-refractivity contribution is 0.0516. The molecule has 0 atom stereocenters. The van der Waals surface area contributed by atoms with Crippen LogP contribution in [0.5, 0.6) is 0 Å². The number of benzene rings is 4. The molecule has 6 heteroatoms. The van der Waals surface area contributed by atoms with Gasteiger partial charge in [0.2, 0.25) is 0 Å².